The van der Waals surface area contributed by atoms with E-state index in [1.165, 1.54) is 12.8 Å². The van der Waals surface area contributed by atoms with Crippen LogP contribution in [-0.2, 0) is 6.54 Å². The van der Waals surface area contributed by atoms with Crippen LogP contribution < -0.4 is 25.0 Å². The highest BCUT2D eigenvalue weighted by Crippen LogP contribution is 2.30. The first kappa shape index (κ1) is 25.0. The fraction of sp³-hybridized carbons (Fsp3) is 0.478. The average Bonchev–Trinajstić information content (AvgIpc) is 2.78. The van der Waals surface area contributed by atoms with Gasteiger partial charge in [0.2, 0.25) is 0 Å². The van der Waals surface area contributed by atoms with Gasteiger partial charge in [-0.05, 0) is 49.4 Å². The molecule has 170 valence electrons. The number of nitrogens with zero attached hydrogens (tertiary/aromatic N) is 3. The van der Waals surface area contributed by atoms with Gasteiger partial charge in [0.05, 0.1) is 13.7 Å². The van der Waals surface area contributed by atoms with Crippen LogP contribution in [0.5, 0.6) is 11.5 Å². The van der Waals surface area contributed by atoms with E-state index in [4.69, 9.17) is 9.47 Å². The van der Waals surface area contributed by atoms with Crippen molar-refractivity contribution in [1.29, 1.82) is 0 Å². The second kappa shape index (κ2) is 12.6. The summed E-state index contributed by atoms with van der Waals surface area (Å²) >= 11 is 0. The summed E-state index contributed by atoms with van der Waals surface area (Å²) in [7, 11) is 3.39. The number of benzene rings is 1. The van der Waals surface area contributed by atoms with E-state index in [1.54, 1.807) is 14.2 Å². The Morgan fingerprint density at radius 2 is 1.97 bits per heavy atom. The number of aromatic nitrogens is 1. The number of pyridine rings is 1. The number of guanidine groups is 1. The van der Waals surface area contributed by atoms with Gasteiger partial charge in [-0.2, -0.15) is 0 Å². The van der Waals surface area contributed by atoms with E-state index >= 15 is 0 Å². The molecule has 0 unspecified atom stereocenters. The highest BCUT2D eigenvalue weighted by atomic mass is 127. The molecule has 1 aromatic heterocycles. The van der Waals surface area contributed by atoms with Crippen molar-refractivity contribution >= 4 is 41.4 Å². The number of anilines is 2. The molecule has 0 saturated carbocycles. The molecule has 0 bridgehead atoms. The molecule has 1 saturated heterocycles. The molecule has 8 heteroatoms. The van der Waals surface area contributed by atoms with Gasteiger partial charge in [-0.1, -0.05) is 13.0 Å². The number of piperidine rings is 1. The molecule has 0 aliphatic carbocycles. The van der Waals surface area contributed by atoms with Crippen molar-refractivity contribution in [1.82, 2.24) is 10.3 Å². The summed E-state index contributed by atoms with van der Waals surface area (Å²) in [5, 5.41) is 6.62. The molecule has 0 atom stereocenters. The lowest BCUT2D eigenvalue weighted by Crippen LogP contribution is -2.33. The molecular weight excluding hydrogens is 505 g/mol. The smallest absolute Gasteiger partial charge is 0.195 e. The molecule has 2 N–H and O–H groups in total. The van der Waals surface area contributed by atoms with Crippen molar-refractivity contribution in [3.05, 3.63) is 42.1 Å². The standard InChI is InChI=1S/C23H33N5O2.HI/c1-5-30-21-14-19(7-8-20(21)29-4)27-23(24-3)26-16-18-6-9-22(25-15-18)28-12-10-17(2)11-13-28;/h6-9,14-15,17H,5,10-13,16H2,1-4H3,(H2,24,26,27);1H. The van der Waals surface area contributed by atoms with Crippen LogP contribution in [0.1, 0.15) is 32.3 Å². The lowest BCUT2D eigenvalue weighted by molar-refractivity contribution is 0.311. The Balaban J connectivity index is 0.00000341. The highest BCUT2D eigenvalue weighted by molar-refractivity contribution is 14.0. The summed E-state index contributed by atoms with van der Waals surface area (Å²) in [6.07, 6.45) is 4.42. The molecule has 0 spiro atoms. The minimum atomic E-state index is 0. The first-order valence-electron chi connectivity index (χ1n) is 10.6. The third-order valence-corrected chi connectivity index (χ3v) is 5.33. The lowest BCUT2D eigenvalue weighted by atomic mass is 9.99. The van der Waals surface area contributed by atoms with E-state index in [-0.39, 0.29) is 24.0 Å². The molecule has 1 aromatic carbocycles. The molecule has 7 nitrogen and oxygen atoms in total. The zero-order valence-corrected chi connectivity index (χ0v) is 21.2. The van der Waals surface area contributed by atoms with E-state index in [0.29, 0.717) is 30.6 Å². The first-order valence-corrected chi connectivity index (χ1v) is 10.6. The van der Waals surface area contributed by atoms with Crippen molar-refractivity contribution in [2.75, 3.05) is 44.1 Å². The molecule has 2 heterocycles. The molecule has 3 rings (SSSR count). The van der Waals surface area contributed by atoms with Gasteiger partial charge in [0, 0.05) is 44.6 Å². The van der Waals surface area contributed by atoms with Gasteiger partial charge in [0.15, 0.2) is 17.5 Å². The van der Waals surface area contributed by atoms with E-state index in [2.05, 4.69) is 44.6 Å². The van der Waals surface area contributed by atoms with Gasteiger partial charge in [-0.15, -0.1) is 24.0 Å². The summed E-state index contributed by atoms with van der Waals surface area (Å²) in [5.74, 6) is 3.97. The lowest BCUT2D eigenvalue weighted by Gasteiger charge is -2.31. The quantitative estimate of drug-likeness (QED) is 0.306. The van der Waals surface area contributed by atoms with Crippen LogP contribution in [0.25, 0.3) is 0 Å². The Hall–Kier alpha value is -2.23. The Kier molecular flexibility index (Phi) is 10.2. The number of halogens is 1. The van der Waals surface area contributed by atoms with Crippen molar-refractivity contribution in [3.63, 3.8) is 0 Å². The topological polar surface area (TPSA) is 71.0 Å². The van der Waals surface area contributed by atoms with Gasteiger partial charge in [0.1, 0.15) is 5.82 Å². The van der Waals surface area contributed by atoms with E-state index in [1.807, 2.05) is 31.3 Å². The third kappa shape index (κ3) is 7.15. The number of methoxy groups -OCH3 is 1. The van der Waals surface area contributed by atoms with Crippen LogP contribution in [0, 0.1) is 5.92 Å². The van der Waals surface area contributed by atoms with E-state index in [9.17, 15) is 0 Å². The van der Waals surface area contributed by atoms with E-state index in [0.717, 1.165) is 36.1 Å². The molecular formula is C23H34IN5O2. The van der Waals surface area contributed by atoms with Crippen LogP contribution in [0.2, 0.25) is 0 Å². The number of aliphatic imine (C=N–C) groups is 1. The molecule has 0 radical (unpaired) electrons. The highest BCUT2D eigenvalue weighted by Gasteiger charge is 2.16. The van der Waals surface area contributed by atoms with Crippen LogP contribution in [0.15, 0.2) is 41.5 Å². The van der Waals surface area contributed by atoms with Crippen molar-refractivity contribution < 1.29 is 9.47 Å². The van der Waals surface area contributed by atoms with Crippen molar-refractivity contribution in [2.24, 2.45) is 10.9 Å². The maximum absolute atomic E-state index is 5.64. The predicted molar refractivity (Wildman–Crippen MR) is 138 cm³/mol. The van der Waals surface area contributed by atoms with Crippen LogP contribution in [0.3, 0.4) is 0 Å². The molecule has 31 heavy (non-hydrogen) atoms. The Labute approximate surface area is 202 Å². The summed E-state index contributed by atoms with van der Waals surface area (Å²) in [4.78, 5) is 11.3. The number of hydrogen-bond acceptors (Lipinski definition) is 5. The fourth-order valence-electron chi connectivity index (χ4n) is 3.47. The summed E-state index contributed by atoms with van der Waals surface area (Å²) < 4.78 is 11.0. The third-order valence-electron chi connectivity index (χ3n) is 5.33. The molecule has 0 amide bonds. The van der Waals surface area contributed by atoms with Crippen molar-refractivity contribution in [3.8, 4) is 11.5 Å². The molecule has 1 aliphatic heterocycles. The monoisotopic (exact) mass is 539 g/mol. The van der Waals surface area contributed by atoms with Gasteiger partial charge in [-0.3, -0.25) is 4.99 Å². The Bertz CT molecular complexity index is 836. The van der Waals surface area contributed by atoms with Gasteiger partial charge < -0.3 is 25.0 Å². The second-order valence-electron chi connectivity index (χ2n) is 7.54. The number of hydrogen-bond donors (Lipinski definition) is 2. The zero-order chi connectivity index (χ0) is 21.3. The van der Waals surface area contributed by atoms with Crippen LogP contribution >= 0.6 is 24.0 Å². The van der Waals surface area contributed by atoms with Gasteiger partial charge in [0.25, 0.3) is 0 Å². The average molecular weight is 539 g/mol. The summed E-state index contributed by atoms with van der Waals surface area (Å²) in [6.45, 7) is 7.67. The molecule has 1 fully saturated rings. The maximum Gasteiger partial charge on any atom is 0.195 e. The second-order valence-corrected chi connectivity index (χ2v) is 7.54. The van der Waals surface area contributed by atoms with Crippen molar-refractivity contribution in [2.45, 2.75) is 33.2 Å². The Morgan fingerprint density at radius 3 is 2.58 bits per heavy atom. The number of ether oxygens (including phenoxy) is 2. The Morgan fingerprint density at radius 1 is 1.19 bits per heavy atom. The minimum absolute atomic E-state index is 0. The number of rotatable bonds is 7. The van der Waals surface area contributed by atoms with Crippen LogP contribution in [-0.4, -0.2) is 44.8 Å². The predicted octanol–water partition coefficient (Wildman–Crippen LogP) is 4.53. The summed E-state index contributed by atoms with van der Waals surface area (Å²) in [6, 6.07) is 9.96. The first-order chi connectivity index (χ1) is 14.6. The minimum Gasteiger partial charge on any atom is -0.493 e. The fourth-order valence-corrected chi connectivity index (χ4v) is 3.47. The normalized spacial score (nSPS) is 14.6. The maximum atomic E-state index is 5.64. The SMILES string of the molecule is CCOc1cc(NC(=NC)NCc2ccc(N3CCC(C)CC3)nc2)ccc1OC.I. The van der Waals surface area contributed by atoms with E-state index < -0.39 is 0 Å². The largest absolute Gasteiger partial charge is 0.493 e. The molecule has 1 aliphatic rings. The number of nitrogens with one attached hydrogen (secondary N) is 2. The van der Waals surface area contributed by atoms with Crippen LogP contribution in [0.4, 0.5) is 11.5 Å². The zero-order valence-electron chi connectivity index (χ0n) is 18.9. The molecule has 2 aromatic rings. The van der Waals surface area contributed by atoms with Gasteiger partial charge >= 0.3 is 0 Å². The summed E-state index contributed by atoms with van der Waals surface area (Å²) in [5.41, 5.74) is 1.98. The van der Waals surface area contributed by atoms with Gasteiger partial charge in [-0.25, -0.2) is 4.98 Å².